The van der Waals surface area contributed by atoms with Crippen molar-refractivity contribution in [3.63, 3.8) is 0 Å². The van der Waals surface area contributed by atoms with Crippen molar-refractivity contribution in [3.8, 4) is 28.5 Å². The van der Waals surface area contributed by atoms with Crippen molar-refractivity contribution < 1.29 is 13.7 Å². The molecule has 0 bridgehead atoms. The zero-order valence-electron chi connectivity index (χ0n) is 11.4. The lowest BCUT2D eigenvalue weighted by atomic mass is 10.2. The first-order valence-corrected chi connectivity index (χ1v) is 6.32. The van der Waals surface area contributed by atoms with Gasteiger partial charge in [0.1, 0.15) is 12.8 Å². The molecule has 100 valence electrons. The second-order valence-electron chi connectivity index (χ2n) is 4.51. The fraction of sp³-hybridized carbons (Fsp3) is 0.125. The second-order valence-corrected chi connectivity index (χ2v) is 4.51. The lowest BCUT2D eigenvalue weighted by molar-refractivity contribution is -0.671. The molecule has 0 fully saturated rings. The number of rotatable bonds is 3. The summed E-state index contributed by atoms with van der Waals surface area (Å²) < 4.78 is 12.9. The van der Waals surface area contributed by atoms with Gasteiger partial charge in [-0.25, -0.2) is 9.55 Å². The van der Waals surface area contributed by atoms with Crippen molar-refractivity contribution >= 4 is 0 Å². The molecule has 3 rings (SSSR count). The molecule has 0 saturated heterocycles. The number of pyridine rings is 1. The zero-order chi connectivity index (χ0) is 13.9. The predicted octanol–water partition coefficient (Wildman–Crippen LogP) is 2.84. The molecule has 0 aliphatic carbocycles. The Morgan fingerprint density at radius 1 is 1.00 bits per heavy atom. The van der Waals surface area contributed by atoms with Gasteiger partial charge in [0.25, 0.3) is 0 Å². The lowest BCUT2D eigenvalue weighted by Gasteiger charge is -2.00. The fourth-order valence-corrected chi connectivity index (χ4v) is 1.94. The van der Waals surface area contributed by atoms with Crippen molar-refractivity contribution in [3.05, 3.63) is 55.0 Å². The number of aryl methyl sites for hydroxylation is 1. The summed E-state index contributed by atoms with van der Waals surface area (Å²) in [6, 6.07) is 11.7. The molecule has 1 aromatic carbocycles. The van der Waals surface area contributed by atoms with Gasteiger partial charge < -0.3 is 9.15 Å². The Hall–Kier alpha value is -2.62. The lowest BCUT2D eigenvalue weighted by Crippen LogP contribution is -2.25. The molecule has 4 heteroatoms. The third-order valence-electron chi connectivity index (χ3n) is 3.11. The molecule has 0 spiro atoms. The number of methoxy groups -OCH3 is 1. The normalized spacial score (nSPS) is 10.5. The second kappa shape index (κ2) is 5.17. The molecule has 0 amide bonds. The predicted molar refractivity (Wildman–Crippen MR) is 75.1 cm³/mol. The number of benzene rings is 1. The molecule has 0 radical (unpaired) electrons. The van der Waals surface area contributed by atoms with Crippen LogP contribution in [0, 0.1) is 0 Å². The van der Waals surface area contributed by atoms with Crippen molar-refractivity contribution in [2.45, 2.75) is 0 Å². The average Bonchev–Trinajstić information content (AvgIpc) is 2.98. The van der Waals surface area contributed by atoms with Crippen molar-refractivity contribution in [2.24, 2.45) is 7.05 Å². The van der Waals surface area contributed by atoms with Crippen LogP contribution in [0.1, 0.15) is 0 Å². The topological polar surface area (TPSA) is 39.1 Å². The van der Waals surface area contributed by atoms with Crippen LogP contribution in [0.5, 0.6) is 5.75 Å². The summed E-state index contributed by atoms with van der Waals surface area (Å²) in [6.45, 7) is 0. The van der Waals surface area contributed by atoms with Gasteiger partial charge in [0.05, 0.1) is 13.3 Å². The first kappa shape index (κ1) is 12.4. The Bertz CT molecular complexity index is 700. The maximum atomic E-state index is 5.81. The molecule has 4 nitrogen and oxygen atoms in total. The summed E-state index contributed by atoms with van der Waals surface area (Å²) in [5.74, 6) is 2.19. The first-order chi connectivity index (χ1) is 9.76. The summed E-state index contributed by atoms with van der Waals surface area (Å²) in [7, 11) is 3.62. The largest absolute Gasteiger partial charge is 0.497 e. The van der Waals surface area contributed by atoms with Crippen molar-refractivity contribution in [1.29, 1.82) is 0 Å². The fourth-order valence-electron chi connectivity index (χ4n) is 1.94. The van der Waals surface area contributed by atoms with E-state index in [4.69, 9.17) is 9.15 Å². The van der Waals surface area contributed by atoms with E-state index in [1.165, 1.54) is 0 Å². The molecule has 0 atom stereocenters. The Morgan fingerprint density at radius 3 is 2.35 bits per heavy atom. The average molecular weight is 267 g/mol. The molecule has 0 saturated carbocycles. The van der Waals surface area contributed by atoms with Crippen LogP contribution in [0.4, 0.5) is 0 Å². The molecule has 0 unspecified atom stereocenters. The van der Waals surface area contributed by atoms with E-state index in [0.717, 1.165) is 22.6 Å². The van der Waals surface area contributed by atoms with Gasteiger partial charge in [-0.05, 0) is 24.3 Å². The summed E-state index contributed by atoms with van der Waals surface area (Å²) in [6.07, 6.45) is 5.67. The number of nitrogens with zero attached hydrogens (tertiary/aromatic N) is 2. The smallest absolute Gasteiger partial charge is 0.227 e. The van der Waals surface area contributed by atoms with E-state index in [1.54, 1.807) is 13.3 Å². The van der Waals surface area contributed by atoms with E-state index in [-0.39, 0.29) is 0 Å². The number of oxazole rings is 1. The molecule has 0 aliphatic rings. The van der Waals surface area contributed by atoms with E-state index in [9.17, 15) is 0 Å². The molecule has 2 heterocycles. The maximum absolute atomic E-state index is 5.81. The minimum absolute atomic E-state index is 0.622. The van der Waals surface area contributed by atoms with E-state index >= 15 is 0 Å². The minimum Gasteiger partial charge on any atom is -0.497 e. The van der Waals surface area contributed by atoms with Crippen LogP contribution in [-0.4, -0.2) is 12.1 Å². The number of ether oxygens (including phenoxy) is 1. The quantitative estimate of drug-likeness (QED) is 0.685. The third-order valence-corrected chi connectivity index (χ3v) is 3.11. The summed E-state index contributed by atoms with van der Waals surface area (Å²) in [4.78, 5) is 4.33. The zero-order valence-corrected chi connectivity index (χ0v) is 11.4. The molecule has 2 aromatic heterocycles. The van der Waals surface area contributed by atoms with E-state index < -0.39 is 0 Å². The maximum Gasteiger partial charge on any atom is 0.227 e. The highest BCUT2D eigenvalue weighted by Gasteiger charge is 2.09. The molecule has 3 aromatic rings. The van der Waals surface area contributed by atoms with Crippen LogP contribution < -0.4 is 9.30 Å². The van der Waals surface area contributed by atoms with Crippen molar-refractivity contribution in [1.82, 2.24) is 4.98 Å². The monoisotopic (exact) mass is 267 g/mol. The highest BCUT2D eigenvalue weighted by atomic mass is 16.5. The Morgan fingerprint density at radius 2 is 1.70 bits per heavy atom. The highest BCUT2D eigenvalue weighted by molar-refractivity contribution is 5.61. The van der Waals surface area contributed by atoms with E-state index in [2.05, 4.69) is 4.98 Å². The van der Waals surface area contributed by atoms with Crippen LogP contribution in [0.15, 0.2) is 59.4 Å². The van der Waals surface area contributed by atoms with Crippen LogP contribution in [0.25, 0.3) is 22.8 Å². The summed E-state index contributed by atoms with van der Waals surface area (Å²) in [5.41, 5.74) is 1.94. The molecule has 20 heavy (non-hydrogen) atoms. The Kier molecular flexibility index (Phi) is 3.21. The first-order valence-electron chi connectivity index (χ1n) is 6.32. The highest BCUT2D eigenvalue weighted by Crippen LogP contribution is 2.26. The molecular weight excluding hydrogens is 252 g/mol. The minimum atomic E-state index is 0.622. The SMILES string of the molecule is COc1ccc(-c2cnc(-c3cc[n+](C)cc3)o2)cc1. The van der Waals surface area contributed by atoms with Gasteiger partial charge in [-0.15, -0.1) is 0 Å². The van der Waals surface area contributed by atoms with Gasteiger partial charge in [0.15, 0.2) is 18.2 Å². The van der Waals surface area contributed by atoms with Crippen LogP contribution in [0.3, 0.4) is 0 Å². The molecular formula is C16H15N2O2+. The Balaban J connectivity index is 1.91. The number of hydrogen-bond donors (Lipinski definition) is 0. The van der Waals surface area contributed by atoms with E-state index in [1.807, 2.05) is 60.4 Å². The number of hydrogen-bond acceptors (Lipinski definition) is 3. The van der Waals surface area contributed by atoms with Gasteiger partial charge >= 0.3 is 0 Å². The summed E-state index contributed by atoms with van der Waals surface area (Å²) >= 11 is 0. The third kappa shape index (κ3) is 2.40. The van der Waals surface area contributed by atoms with Crippen LogP contribution in [-0.2, 0) is 7.05 Å². The number of aromatic nitrogens is 2. The van der Waals surface area contributed by atoms with Crippen LogP contribution in [0.2, 0.25) is 0 Å². The van der Waals surface area contributed by atoms with Gasteiger partial charge in [-0.1, -0.05) is 0 Å². The van der Waals surface area contributed by atoms with E-state index in [0.29, 0.717) is 5.89 Å². The van der Waals surface area contributed by atoms with Crippen molar-refractivity contribution in [2.75, 3.05) is 7.11 Å². The molecule has 0 N–H and O–H groups in total. The standard InChI is InChI=1S/C16H15N2O2/c1-18-9-7-13(8-10-18)16-17-11-15(20-16)12-3-5-14(19-2)6-4-12/h3-11H,1-2H3/q+1. The van der Waals surface area contributed by atoms with Crippen LogP contribution >= 0.6 is 0 Å². The molecule has 0 aliphatic heterocycles. The van der Waals surface area contributed by atoms with Gasteiger partial charge in [0, 0.05) is 23.3 Å². The Labute approximate surface area is 117 Å². The van der Waals surface area contributed by atoms with Gasteiger partial charge in [-0.3, -0.25) is 0 Å². The summed E-state index contributed by atoms with van der Waals surface area (Å²) in [5, 5.41) is 0. The van der Waals surface area contributed by atoms with Gasteiger partial charge in [-0.2, -0.15) is 0 Å². The van der Waals surface area contributed by atoms with Gasteiger partial charge in [0.2, 0.25) is 5.89 Å².